The Kier molecular flexibility index (Phi) is 4.20. The van der Waals surface area contributed by atoms with Crippen LogP contribution in [0.15, 0.2) is 22.7 Å². The molecule has 1 aromatic heterocycles. The van der Waals surface area contributed by atoms with Crippen molar-refractivity contribution in [3.05, 3.63) is 54.7 Å². The molecule has 1 aromatic carbocycles. The zero-order valence-electron chi connectivity index (χ0n) is 11.0. The number of halogens is 2. The van der Waals surface area contributed by atoms with Gasteiger partial charge in [0.1, 0.15) is 0 Å². The molecule has 0 N–H and O–H groups in total. The van der Waals surface area contributed by atoms with Crippen molar-refractivity contribution in [2.24, 2.45) is 0 Å². The number of aryl methyl sites for hydroxylation is 4. The van der Waals surface area contributed by atoms with Crippen molar-refractivity contribution in [1.82, 2.24) is 0 Å². The van der Waals surface area contributed by atoms with E-state index in [0.717, 1.165) is 4.47 Å². The Morgan fingerprint density at radius 1 is 1.06 bits per heavy atom. The molecule has 3 heteroatoms. The largest absolute Gasteiger partial charge is 0.143 e. The van der Waals surface area contributed by atoms with Gasteiger partial charge in [-0.3, -0.25) is 0 Å². The number of rotatable bonds is 2. The van der Waals surface area contributed by atoms with Crippen molar-refractivity contribution in [3.63, 3.8) is 0 Å². The van der Waals surface area contributed by atoms with Crippen LogP contribution in [0.4, 0.5) is 0 Å². The zero-order valence-corrected chi connectivity index (χ0v) is 14.1. The van der Waals surface area contributed by atoms with Gasteiger partial charge in [0.15, 0.2) is 0 Å². The molecule has 2 aromatic rings. The van der Waals surface area contributed by atoms with Crippen LogP contribution < -0.4 is 0 Å². The highest BCUT2D eigenvalue weighted by molar-refractivity contribution is 9.10. The molecule has 0 aliphatic heterocycles. The fraction of sp³-hybridized carbons (Fsp3) is 0.333. The molecular weight excluding hydrogens is 328 g/mol. The molecule has 0 nitrogen and oxygen atoms in total. The standard InChI is InChI=1S/C15H16BrClS/c1-8-5-9(2)14(10(3)6-8)15(17)13-7-12(16)11(4)18-13/h5-7,15H,1-4H3. The van der Waals surface area contributed by atoms with Crippen LogP contribution in [0.25, 0.3) is 0 Å². The van der Waals surface area contributed by atoms with Crippen molar-refractivity contribution >= 4 is 38.9 Å². The molecule has 2 rings (SSSR count). The molecule has 0 saturated heterocycles. The van der Waals surface area contributed by atoms with Gasteiger partial charge in [0.2, 0.25) is 0 Å². The third-order valence-electron chi connectivity index (χ3n) is 3.12. The molecular formula is C15H16BrClS. The molecule has 0 amide bonds. The summed E-state index contributed by atoms with van der Waals surface area (Å²) in [7, 11) is 0. The van der Waals surface area contributed by atoms with Crippen molar-refractivity contribution in [2.75, 3.05) is 0 Å². The first kappa shape index (κ1) is 14.1. The van der Waals surface area contributed by atoms with Crippen LogP contribution in [0.2, 0.25) is 0 Å². The van der Waals surface area contributed by atoms with E-state index in [0.29, 0.717) is 0 Å². The quantitative estimate of drug-likeness (QED) is 0.580. The minimum Gasteiger partial charge on any atom is -0.143 e. The van der Waals surface area contributed by atoms with Crippen LogP contribution in [0.3, 0.4) is 0 Å². The Balaban J connectivity index is 2.49. The van der Waals surface area contributed by atoms with E-state index in [1.807, 2.05) is 0 Å². The SMILES string of the molecule is Cc1cc(C)c(C(Cl)c2cc(Br)c(C)s2)c(C)c1. The summed E-state index contributed by atoms with van der Waals surface area (Å²) >= 11 is 12.0. The second kappa shape index (κ2) is 5.36. The third kappa shape index (κ3) is 2.66. The summed E-state index contributed by atoms with van der Waals surface area (Å²) in [5.41, 5.74) is 5.08. The summed E-state index contributed by atoms with van der Waals surface area (Å²) < 4.78 is 1.15. The molecule has 0 radical (unpaired) electrons. The van der Waals surface area contributed by atoms with E-state index in [1.165, 1.54) is 32.0 Å². The first-order chi connectivity index (χ1) is 8.40. The zero-order chi connectivity index (χ0) is 13.4. The maximum absolute atomic E-state index is 6.67. The van der Waals surface area contributed by atoms with Gasteiger partial charge in [0.05, 0.1) is 5.38 Å². The monoisotopic (exact) mass is 342 g/mol. The van der Waals surface area contributed by atoms with Crippen LogP contribution in [-0.2, 0) is 0 Å². The maximum Gasteiger partial charge on any atom is 0.0933 e. The number of hydrogen-bond acceptors (Lipinski definition) is 1. The normalized spacial score (nSPS) is 12.8. The van der Waals surface area contributed by atoms with Gasteiger partial charge in [-0.15, -0.1) is 22.9 Å². The molecule has 18 heavy (non-hydrogen) atoms. The third-order valence-corrected chi connectivity index (χ3v) is 5.90. The highest BCUT2D eigenvalue weighted by atomic mass is 79.9. The van der Waals surface area contributed by atoms with Crippen LogP contribution >= 0.6 is 38.9 Å². The minimum absolute atomic E-state index is 0.0550. The summed E-state index contributed by atoms with van der Waals surface area (Å²) in [5, 5.41) is -0.0550. The van der Waals surface area contributed by atoms with Gasteiger partial charge in [-0.25, -0.2) is 0 Å². The maximum atomic E-state index is 6.67. The van der Waals surface area contributed by atoms with Crippen LogP contribution in [0, 0.1) is 27.7 Å². The smallest absolute Gasteiger partial charge is 0.0933 e. The highest BCUT2D eigenvalue weighted by Crippen LogP contribution is 2.39. The second-order valence-electron chi connectivity index (χ2n) is 4.73. The predicted octanol–water partition coefficient (Wildman–Crippen LogP) is 6.07. The first-order valence-electron chi connectivity index (χ1n) is 5.87. The van der Waals surface area contributed by atoms with E-state index < -0.39 is 0 Å². The number of thiophene rings is 1. The van der Waals surface area contributed by atoms with E-state index in [2.05, 4.69) is 61.8 Å². The number of alkyl halides is 1. The average Bonchev–Trinajstić information content (AvgIpc) is 2.57. The Hall–Kier alpha value is -0.310. The van der Waals surface area contributed by atoms with E-state index >= 15 is 0 Å². The molecule has 0 aliphatic carbocycles. The lowest BCUT2D eigenvalue weighted by molar-refractivity contribution is 1.10. The molecule has 0 aliphatic rings. The number of benzene rings is 1. The summed E-state index contributed by atoms with van der Waals surface area (Å²) in [6.45, 7) is 8.51. The Morgan fingerprint density at radius 3 is 2.06 bits per heavy atom. The van der Waals surface area contributed by atoms with Gasteiger partial charge in [0, 0.05) is 14.2 Å². The predicted molar refractivity (Wildman–Crippen MR) is 85.1 cm³/mol. The summed E-state index contributed by atoms with van der Waals surface area (Å²) in [5.74, 6) is 0. The van der Waals surface area contributed by atoms with Crippen molar-refractivity contribution in [3.8, 4) is 0 Å². The van der Waals surface area contributed by atoms with Gasteiger partial charge in [0.25, 0.3) is 0 Å². The van der Waals surface area contributed by atoms with Crippen molar-refractivity contribution in [2.45, 2.75) is 33.1 Å². The molecule has 1 heterocycles. The molecule has 1 atom stereocenters. The minimum atomic E-state index is -0.0550. The first-order valence-corrected chi connectivity index (χ1v) is 7.92. The fourth-order valence-electron chi connectivity index (χ4n) is 2.34. The average molecular weight is 344 g/mol. The molecule has 96 valence electrons. The topological polar surface area (TPSA) is 0 Å². The molecule has 0 bridgehead atoms. The summed E-state index contributed by atoms with van der Waals surface area (Å²) in [4.78, 5) is 2.48. The lowest BCUT2D eigenvalue weighted by Gasteiger charge is -2.15. The Morgan fingerprint density at radius 2 is 1.61 bits per heavy atom. The summed E-state index contributed by atoms with van der Waals surface area (Å²) in [6, 6.07) is 6.54. The molecule has 0 saturated carbocycles. The molecule has 0 fully saturated rings. The van der Waals surface area contributed by atoms with Gasteiger partial charge >= 0.3 is 0 Å². The number of hydrogen-bond donors (Lipinski definition) is 0. The molecule has 0 spiro atoms. The lowest BCUT2D eigenvalue weighted by atomic mass is 9.96. The van der Waals surface area contributed by atoms with E-state index in [4.69, 9.17) is 11.6 Å². The Bertz CT molecular complexity index is 544. The summed E-state index contributed by atoms with van der Waals surface area (Å²) in [6.07, 6.45) is 0. The van der Waals surface area contributed by atoms with Gasteiger partial charge < -0.3 is 0 Å². The van der Waals surface area contributed by atoms with E-state index in [-0.39, 0.29) is 5.38 Å². The van der Waals surface area contributed by atoms with Crippen LogP contribution in [0.1, 0.15) is 37.4 Å². The van der Waals surface area contributed by atoms with Crippen LogP contribution in [0.5, 0.6) is 0 Å². The van der Waals surface area contributed by atoms with Crippen molar-refractivity contribution in [1.29, 1.82) is 0 Å². The van der Waals surface area contributed by atoms with E-state index in [9.17, 15) is 0 Å². The van der Waals surface area contributed by atoms with Crippen LogP contribution in [-0.4, -0.2) is 0 Å². The van der Waals surface area contributed by atoms with E-state index in [1.54, 1.807) is 11.3 Å². The van der Waals surface area contributed by atoms with Gasteiger partial charge in [-0.2, -0.15) is 0 Å². The highest BCUT2D eigenvalue weighted by Gasteiger charge is 2.18. The fourth-order valence-corrected chi connectivity index (χ4v) is 4.43. The van der Waals surface area contributed by atoms with Crippen molar-refractivity contribution < 1.29 is 0 Å². The van der Waals surface area contributed by atoms with Gasteiger partial charge in [-0.1, -0.05) is 17.7 Å². The second-order valence-corrected chi connectivity index (χ2v) is 7.31. The molecule has 1 unspecified atom stereocenters. The Labute approximate surface area is 126 Å². The lowest BCUT2D eigenvalue weighted by Crippen LogP contribution is -1.98. The van der Waals surface area contributed by atoms with Gasteiger partial charge in [-0.05, 0) is 66.4 Å².